The fourth-order valence-electron chi connectivity index (χ4n) is 2.26. The molecule has 24 heavy (non-hydrogen) atoms. The normalized spacial score (nSPS) is 11.4. The highest BCUT2D eigenvalue weighted by Gasteiger charge is 2.13. The maximum absolute atomic E-state index is 12.2. The van der Waals surface area contributed by atoms with Crippen LogP contribution in [0.2, 0.25) is 0 Å². The molecule has 1 N–H and O–H groups in total. The van der Waals surface area contributed by atoms with Crippen molar-refractivity contribution in [2.75, 3.05) is 10.5 Å². The van der Waals surface area contributed by atoms with Crippen molar-refractivity contribution in [2.45, 2.75) is 13.3 Å². The maximum atomic E-state index is 12.2. The summed E-state index contributed by atoms with van der Waals surface area (Å²) >= 11 is 0. The van der Waals surface area contributed by atoms with Gasteiger partial charge in [-0.2, -0.15) is 0 Å². The lowest BCUT2D eigenvalue weighted by Gasteiger charge is -2.09. The Kier molecular flexibility index (Phi) is 4.57. The maximum Gasteiger partial charge on any atom is 0.234 e. The van der Waals surface area contributed by atoms with Gasteiger partial charge in [-0.25, -0.2) is 23.4 Å². The summed E-state index contributed by atoms with van der Waals surface area (Å²) < 4.78 is 28.7. The number of nitrogens with one attached hydrogen (secondary N) is 1. The minimum atomic E-state index is -3.49. The first kappa shape index (κ1) is 16.1. The summed E-state index contributed by atoms with van der Waals surface area (Å²) in [6.07, 6.45) is 5.17. The zero-order valence-electron chi connectivity index (χ0n) is 13.1. The predicted octanol–water partition coefficient (Wildman–Crippen LogP) is 1.96. The summed E-state index contributed by atoms with van der Waals surface area (Å²) in [6.45, 7) is 1.84. The van der Waals surface area contributed by atoms with Crippen LogP contribution in [-0.4, -0.2) is 33.7 Å². The van der Waals surface area contributed by atoms with Gasteiger partial charge in [0.05, 0.1) is 5.75 Å². The van der Waals surface area contributed by atoms with E-state index in [2.05, 4.69) is 19.7 Å². The summed E-state index contributed by atoms with van der Waals surface area (Å²) in [6, 6.07) is 11.1. The molecule has 3 aromatic rings. The second-order valence-corrected chi connectivity index (χ2v) is 7.10. The Morgan fingerprint density at radius 2 is 1.92 bits per heavy atom. The molecule has 8 heteroatoms. The Morgan fingerprint density at radius 3 is 2.62 bits per heavy atom. The highest BCUT2D eigenvalue weighted by Crippen LogP contribution is 2.12. The molecule has 2 aromatic heterocycles. The van der Waals surface area contributed by atoms with Gasteiger partial charge in [0.25, 0.3) is 0 Å². The third-order valence-corrected chi connectivity index (χ3v) is 4.75. The third-order valence-electron chi connectivity index (χ3n) is 3.49. The van der Waals surface area contributed by atoms with E-state index in [-0.39, 0.29) is 11.6 Å². The van der Waals surface area contributed by atoms with E-state index in [4.69, 9.17) is 0 Å². The van der Waals surface area contributed by atoms with Gasteiger partial charge in [-0.3, -0.25) is 9.29 Å². The van der Waals surface area contributed by atoms with Crippen LogP contribution in [0.1, 0.15) is 11.4 Å². The molecular formula is C16H17N5O2S. The van der Waals surface area contributed by atoms with Crippen molar-refractivity contribution < 1.29 is 8.42 Å². The second-order valence-electron chi connectivity index (χ2n) is 5.26. The number of hydrogen-bond acceptors (Lipinski definition) is 5. The van der Waals surface area contributed by atoms with E-state index in [1.165, 1.54) is 6.33 Å². The first-order chi connectivity index (χ1) is 11.5. The van der Waals surface area contributed by atoms with Crippen LogP contribution in [-0.2, 0) is 16.4 Å². The quantitative estimate of drug-likeness (QED) is 0.739. The zero-order chi connectivity index (χ0) is 17.0. The van der Waals surface area contributed by atoms with Crippen molar-refractivity contribution in [3.63, 3.8) is 0 Å². The zero-order valence-corrected chi connectivity index (χ0v) is 13.9. The monoisotopic (exact) mass is 343 g/mol. The van der Waals surface area contributed by atoms with E-state index in [0.717, 1.165) is 11.4 Å². The lowest BCUT2D eigenvalue weighted by molar-refractivity contribution is 0.600. The summed E-state index contributed by atoms with van der Waals surface area (Å²) in [5.41, 5.74) is 0.972. The number of aromatic nitrogens is 4. The van der Waals surface area contributed by atoms with Crippen molar-refractivity contribution in [3.8, 4) is 5.82 Å². The van der Waals surface area contributed by atoms with Crippen molar-refractivity contribution in [3.05, 3.63) is 66.5 Å². The number of imidazole rings is 1. The van der Waals surface area contributed by atoms with Gasteiger partial charge in [0.1, 0.15) is 23.8 Å². The molecule has 0 aliphatic heterocycles. The van der Waals surface area contributed by atoms with Gasteiger partial charge in [-0.05, 0) is 18.9 Å². The number of sulfonamides is 1. The van der Waals surface area contributed by atoms with Crippen LogP contribution in [0.3, 0.4) is 0 Å². The van der Waals surface area contributed by atoms with Crippen LogP contribution in [0, 0.1) is 6.92 Å². The van der Waals surface area contributed by atoms with E-state index in [1.54, 1.807) is 23.0 Å². The molecule has 0 amide bonds. The average Bonchev–Trinajstić information content (AvgIpc) is 3.00. The Bertz CT molecular complexity index is 922. The largest absolute Gasteiger partial charge is 0.288 e. The molecule has 1 aromatic carbocycles. The molecule has 0 saturated heterocycles. The van der Waals surface area contributed by atoms with E-state index in [9.17, 15) is 8.42 Å². The molecule has 0 fully saturated rings. The van der Waals surface area contributed by atoms with Crippen LogP contribution in [0.15, 0.2) is 55.1 Å². The van der Waals surface area contributed by atoms with Crippen LogP contribution in [0.5, 0.6) is 0 Å². The lowest BCUT2D eigenvalue weighted by atomic mass is 10.2. The Balaban J connectivity index is 1.72. The SMILES string of the molecule is Cc1nccn1-c1cc(NS(=O)(=O)CCc2ccccc2)ncn1. The van der Waals surface area contributed by atoms with Gasteiger partial charge >= 0.3 is 0 Å². The highest BCUT2D eigenvalue weighted by atomic mass is 32.2. The van der Waals surface area contributed by atoms with E-state index in [1.807, 2.05) is 37.3 Å². The summed E-state index contributed by atoms with van der Waals surface area (Å²) in [5.74, 6) is 1.54. The smallest absolute Gasteiger partial charge is 0.234 e. The van der Waals surface area contributed by atoms with Gasteiger partial charge in [-0.15, -0.1) is 0 Å². The van der Waals surface area contributed by atoms with Crippen LogP contribution in [0.25, 0.3) is 5.82 Å². The van der Waals surface area contributed by atoms with Gasteiger partial charge in [0.2, 0.25) is 10.0 Å². The first-order valence-electron chi connectivity index (χ1n) is 7.40. The average molecular weight is 343 g/mol. The van der Waals surface area contributed by atoms with Gasteiger partial charge in [0.15, 0.2) is 0 Å². The van der Waals surface area contributed by atoms with Gasteiger partial charge < -0.3 is 0 Å². The molecule has 0 bridgehead atoms. The lowest BCUT2D eigenvalue weighted by Crippen LogP contribution is -2.19. The molecule has 0 radical (unpaired) electrons. The minimum absolute atomic E-state index is 0.0134. The first-order valence-corrected chi connectivity index (χ1v) is 9.05. The van der Waals surface area contributed by atoms with Crippen molar-refractivity contribution in [1.82, 2.24) is 19.5 Å². The fourth-order valence-corrected chi connectivity index (χ4v) is 3.30. The molecule has 0 aliphatic rings. The molecule has 124 valence electrons. The van der Waals surface area contributed by atoms with E-state index in [0.29, 0.717) is 12.2 Å². The molecule has 3 rings (SSSR count). The van der Waals surface area contributed by atoms with Gasteiger partial charge in [0, 0.05) is 18.5 Å². The topological polar surface area (TPSA) is 89.8 Å². The summed E-state index contributed by atoms with van der Waals surface area (Å²) in [5, 5.41) is 0. The van der Waals surface area contributed by atoms with Crippen molar-refractivity contribution >= 4 is 15.8 Å². The molecule has 0 spiro atoms. The summed E-state index contributed by atoms with van der Waals surface area (Å²) in [7, 11) is -3.49. The van der Waals surface area contributed by atoms with Gasteiger partial charge in [-0.1, -0.05) is 30.3 Å². The Hall–Kier alpha value is -2.74. The number of anilines is 1. The third kappa shape index (κ3) is 3.96. The number of nitrogens with zero attached hydrogens (tertiary/aromatic N) is 4. The number of aryl methyl sites for hydroxylation is 2. The molecule has 0 atom stereocenters. The van der Waals surface area contributed by atoms with Crippen LogP contribution in [0.4, 0.5) is 5.82 Å². The number of hydrogen-bond donors (Lipinski definition) is 1. The molecule has 0 unspecified atom stereocenters. The molecule has 0 aliphatic carbocycles. The Labute approximate surface area is 140 Å². The second kappa shape index (κ2) is 6.79. The van der Waals surface area contributed by atoms with Crippen molar-refractivity contribution in [2.24, 2.45) is 0 Å². The number of benzene rings is 1. The van der Waals surface area contributed by atoms with Crippen LogP contribution < -0.4 is 4.72 Å². The van der Waals surface area contributed by atoms with Crippen molar-refractivity contribution in [1.29, 1.82) is 0 Å². The highest BCUT2D eigenvalue weighted by molar-refractivity contribution is 7.92. The standard InChI is InChI=1S/C16H17N5O2S/c1-13-17-8-9-21(13)16-11-15(18-12-19-16)20-24(22,23)10-7-14-5-3-2-4-6-14/h2-6,8-9,11-12H,7,10H2,1H3,(H,18,19,20). The van der Waals surface area contributed by atoms with E-state index < -0.39 is 10.0 Å². The van der Waals surface area contributed by atoms with Crippen LogP contribution >= 0.6 is 0 Å². The predicted molar refractivity (Wildman–Crippen MR) is 91.4 cm³/mol. The molecule has 0 saturated carbocycles. The van der Waals surface area contributed by atoms with E-state index >= 15 is 0 Å². The Morgan fingerprint density at radius 1 is 1.12 bits per heavy atom. The molecule has 2 heterocycles. The molecule has 7 nitrogen and oxygen atoms in total. The summed E-state index contributed by atoms with van der Waals surface area (Å²) in [4.78, 5) is 12.3. The fraction of sp³-hybridized carbons (Fsp3) is 0.188. The molecular weight excluding hydrogens is 326 g/mol. The number of rotatable bonds is 6. The minimum Gasteiger partial charge on any atom is -0.288 e.